The fourth-order valence-electron chi connectivity index (χ4n) is 3.77. The lowest BCUT2D eigenvalue weighted by molar-refractivity contribution is -0.112. The summed E-state index contributed by atoms with van der Waals surface area (Å²) < 4.78 is 0. The molecule has 2 aliphatic carbocycles. The number of phenols is 1. The molecule has 0 aliphatic heterocycles. The lowest BCUT2D eigenvalue weighted by atomic mass is 9.77. The van der Waals surface area contributed by atoms with E-state index in [0.29, 0.717) is 28.0 Å². The summed E-state index contributed by atoms with van der Waals surface area (Å²) in [7, 11) is 0. The largest absolute Gasteiger partial charge is 0.507 e. The van der Waals surface area contributed by atoms with Gasteiger partial charge in [0.15, 0.2) is 5.78 Å². The Labute approximate surface area is 174 Å². The third-order valence-corrected chi connectivity index (χ3v) is 5.30. The van der Waals surface area contributed by atoms with Crippen molar-refractivity contribution in [3.05, 3.63) is 93.8 Å². The van der Waals surface area contributed by atoms with Crippen LogP contribution in [0, 0.1) is 13.8 Å². The number of phenolic OH excluding ortho intramolecular Hbond substituents is 1. The number of aromatic hydroxyl groups is 1. The van der Waals surface area contributed by atoms with E-state index in [9.17, 15) is 19.8 Å². The van der Waals surface area contributed by atoms with E-state index in [2.05, 4.69) is 5.32 Å². The summed E-state index contributed by atoms with van der Waals surface area (Å²) in [6.45, 7) is 5.50. The number of Topliss-reactive ketones (excluding diaryl/α,β-unsaturated/α-hetero) is 1. The Morgan fingerprint density at radius 2 is 1.53 bits per heavy atom. The van der Waals surface area contributed by atoms with E-state index in [1.807, 2.05) is 37.3 Å². The van der Waals surface area contributed by atoms with Crippen LogP contribution in [-0.4, -0.2) is 21.8 Å². The van der Waals surface area contributed by atoms with E-state index < -0.39 is 0 Å². The number of aryl methyl sites for hydroxylation is 2. The number of allylic oxidation sites excluding steroid dienone is 7. The SMILES string of the molecule is CC1=CC(=O)C=C/C1=C1\C(=O)C(c2c(C)cc(Nc3ccc(C)cc3)cc2O)=C1O. The van der Waals surface area contributed by atoms with E-state index in [-0.39, 0.29) is 34.2 Å². The van der Waals surface area contributed by atoms with Crippen molar-refractivity contribution in [3.63, 3.8) is 0 Å². The molecule has 0 radical (unpaired) electrons. The number of carbonyl (C=O) groups is 2. The summed E-state index contributed by atoms with van der Waals surface area (Å²) in [4.78, 5) is 24.3. The first-order valence-electron chi connectivity index (χ1n) is 9.57. The monoisotopic (exact) mass is 399 g/mol. The van der Waals surface area contributed by atoms with Crippen LogP contribution in [0.25, 0.3) is 5.57 Å². The van der Waals surface area contributed by atoms with Crippen molar-refractivity contribution in [3.8, 4) is 5.75 Å². The average molecular weight is 399 g/mol. The highest BCUT2D eigenvalue weighted by Crippen LogP contribution is 2.44. The minimum atomic E-state index is -0.355. The molecule has 2 aromatic carbocycles. The zero-order valence-corrected chi connectivity index (χ0v) is 16.9. The third-order valence-electron chi connectivity index (χ3n) is 5.30. The van der Waals surface area contributed by atoms with Crippen LogP contribution in [0.1, 0.15) is 23.6 Å². The summed E-state index contributed by atoms with van der Waals surface area (Å²) in [5, 5.41) is 24.5. The first-order chi connectivity index (χ1) is 14.3. The zero-order chi connectivity index (χ0) is 21.6. The summed E-state index contributed by atoms with van der Waals surface area (Å²) in [6.07, 6.45) is 4.33. The second-order valence-electron chi connectivity index (χ2n) is 7.58. The molecule has 0 unspecified atom stereocenters. The van der Waals surface area contributed by atoms with E-state index in [1.54, 1.807) is 19.9 Å². The molecule has 0 aromatic heterocycles. The smallest absolute Gasteiger partial charge is 0.201 e. The molecule has 0 heterocycles. The predicted octanol–water partition coefficient (Wildman–Crippen LogP) is 4.99. The van der Waals surface area contributed by atoms with Gasteiger partial charge in [-0.15, -0.1) is 0 Å². The number of nitrogens with one attached hydrogen (secondary N) is 1. The molecule has 0 spiro atoms. The summed E-state index contributed by atoms with van der Waals surface area (Å²) in [5.41, 5.74) is 5.07. The Kier molecular flexibility index (Phi) is 4.66. The average Bonchev–Trinajstić information content (AvgIpc) is 2.68. The second kappa shape index (κ2) is 7.19. The number of carbonyl (C=O) groups excluding carboxylic acids is 2. The Balaban J connectivity index is 1.71. The van der Waals surface area contributed by atoms with Crippen molar-refractivity contribution in [1.29, 1.82) is 0 Å². The number of hydrogen-bond donors (Lipinski definition) is 3. The van der Waals surface area contributed by atoms with Gasteiger partial charge >= 0.3 is 0 Å². The van der Waals surface area contributed by atoms with E-state index in [1.165, 1.54) is 18.2 Å². The molecule has 3 N–H and O–H groups in total. The fraction of sp³-hybridized carbons (Fsp3) is 0.120. The van der Waals surface area contributed by atoms with Gasteiger partial charge in [-0.25, -0.2) is 0 Å². The van der Waals surface area contributed by atoms with Crippen LogP contribution in [0.3, 0.4) is 0 Å². The topological polar surface area (TPSA) is 86.6 Å². The Morgan fingerprint density at radius 1 is 0.833 bits per heavy atom. The lowest BCUT2D eigenvalue weighted by Gasteiger charge is -2.26. The second-order valence-corrected chi connectivity index (χ2v) is 7.58. The summed E-state index contributed by atoms with van der Waals surface area (Å²) in [5.74, 6) is -0.769. The van der Waals surface area contributed by atoms with E-state index >= 15 is 0 Å². The first kappa shape index (κ1) is 19.5. The normalized spacial score (nSPS) is 18.4. The van der Waals surface area contributed by atoms with E-state index in [4.69, 9.17) is 0 Å². The zero-order valence-electron chi connectivity index (χ0n) is 16.9. The maximum Gasteiger partial charge on any atom is 0.201 e. The van der Waals surface area contributed by atoms with Crippen LogP contribution in [0.2, 0.25) is 0 Å². The van der Waals surface area contributed by atoms with Crippen LogP contribution >= 0.6 is 0 Å². The molecule has 30 heavy (non-hydrogen) atoms. The quantitative estimate of drug-likeness (QED) is 0.633. The van der Waals surface area contributed by atoms with Gasteiger partial charge in [-0.3, -0.25) is 9.59 Å². The van der Waals surface area contributed by atoms with Crippen LogP contribution in [0.4, 0.5) is 11.4 Å². The molecule has 0 amide bonds. The molecule has 4 rings (SSSR count). The van der Waals surface area contributed by atoms with Gasteiger partial charge in [0.25, 0.3) is 0 Å². The predicted molar refractivity (Wildman–Crippen MR) is 117 cm³/mol. The van der Waals surface area contributed by atoms with Crippen LogP contribution < -0.4 is 5.32 Å². The van der Waals surface area contributed by atoms with Gasteiger partial charge in [0.1, 0.15) is 11.5 Å². The molecule has 5 heteroatoms. The van der Waals surface area contributed by atoms with Gasteiger partial charge in [-0.05, 0) is 73.9 Å². The van der Waals surface area contributed by atoms with Gasteiger partial charge in [-0.1, -0.05) is 17.7 Å². The number of hydrogen-bond acceptors (Lipinski definition) is 5. The molecule has 0 saturated heterocycles. The van der Waals surface area contributed by atoms with Gasteiger partial charge in [-0.2, -0.15) is 0 Å². The Bertz CT molecular complexity index is 1200. The van der Waals surface area contributed by atoms with Crippen molar-refractivity contribution >= 4 is 28.5 Å². The minimum Gasteiger partial charge on any atom is -0.507 e. The van der Waals surface area contributed by atoms with Crippen molar-refractivity contribution in [2.24, 2.45) is 0 Å². The molecular formula is C25H21NO4. The molecule has 2 aliphatic rings. The summed E-state index contributed by atoms with van der Waals surface area (Å²) in [6, 6.07) is 11.2. The maximum absolute atomic E-state index is 12.9. The standard InChI is InChI=1S/C25H21NO4/c1-13-4-6-16(7-5-13)26-17-10-15(3)21(20(28)12-17)23-24(29)22(25(23)30)19-9-8-18(27)11-14(19)2/h4-12,26,28-29H,1-3H3/b22-19+. The summed E-state index contributed by atoms with van der Waals surface area (Å²) >= 11 is 0. The molecule has 0 atom stereocenters. The highest BCUT2D eigenvalue weighted by molar-refractivity contribution is 6.40. The molecule has 0 fully saturated rings. The molecule has 2 aromatic rings. The number of anilines is 2. The molecular weight excluding hydrogens is 378 g/mol. The van der Waals surface area contributed by atoms with Gasteiger partial charge < -0.3 is 15.5 Å². The lowest BCUT2D eigenvalue weighted by Crippen LogP contribution is -2.24. The number of aliphatic hydroxyl groups is 1. The van der Waals surface area contributed by atoms with E-state index in [0.717, 1.165) is 11.3 Å². The number of aliphatic hydroxyl groups excluding tert-OH is 1. The Hall–Kier alpha value is -3.86. The molecule has 150 valence electrons. The van der Waals surface area contributed by atoms with Crippen LogP contribution in [0.5, 0.6) is 5.75 Å². The number of rotatable bonds is 3. The van der Waals surface area contributed by atoms with Crippen molar-refractivity contribution in [2.75, 3.05) is 5.32 Å². The van der Waals surface area contributed by atoms with Gasteiger partial charge in [0, 0.05) is 23.0 Å². The van der Waals surface area contributed by atoms with Crippen molar-refractivity contribution in [1.82, 2.24) is 0 Å². The Morgan fingerprint density at radius 3 is 2.13 bits per heavy atom. The molecule has 5 nitrogen and oxygen atoms in total. The van der Waals surface area contributed by atoms with Crippen molar-refractivity contribution < 1.29 is 19.8 Å². The molecule has 0 bridgehead atoms. The first-order valence-corrected chi connectivity index (χ1v) is 9.57. The minimum absolute atomic E-state index is 0.0903. The van der Waals surface area contributed by atoms with Crippen LogP contribution in [0.15, 0.2) is 77.1 Å². The highest BCUT2D eigenvalue weighted by Gasteiger charge is 2.39. The number of benzene rings is 2. The maximum atomic E-state index is 12.9. The highest BCUT2D eigenvalue weighted by atomic mass is 16.3. The third kappa shape index (κ3) is 3.24. The van der Waals surface area contributed by atoms with Gasteiger partial charge in [0.05, 0.1) is 11.1 Å². The molecule has 0 saturated carbocycles. The van der Waals surface area contributed by atoms with Crippen LogP contribution in [-0.2, 0) is 9.59 Å². The fourth-order valence-corrected chi connectivity index (χ4v) is 3.77. The van der Waals surface area contributed by atoms with Crippen molar-refractivity contribution in [2.45, 2.75) is 20.8 Å². The number of ketones is 2. The van der Waals surface area contributed by atoms with Gasteiger partial charge in [0.2, 0.25) is 5.78 Å².